The highest BCUT2D eigenvalue weighted by Crippen LogP contribution is 2.22. The van der Waals surface area contributed by atoms with E-state index in [2.05, 4.69) is 46.3 Å². The number of carbonyl (C=O) groups excluding carboxylic acids is 1. The third-order valence-electron chi connectivity index (χ3n) is 5.43. The Balaban J connectivity index is 3.99. The molecule has 0 spiro atoms. The van der Waals surface area contributed by atoms with Gasteiger partial charge in [0, 0.05) is 18.0 Å². The summed E-state index contributed by atoms with van der Waals surface area (Å²) >= 11 is 0. The topological polar surface area (TPSA) is 29.5 Å². The lowest BCUT2D eigenvalue weighted by atomic mass is 9.91. The van der Waals surface area contributed by atoms with E-state index in [0.29, 0.717) is 18.1 Å². The molecule has 0 aliphatic heterocycles. The first kappa shape index (κ1) is 26.2. The van der Waals surface area contributed by atoms with E-state index in [9.17, 15) is 4.79 Å². The molecule has 3 heteroatoms. The summed E-state index contributed by atoms with van der Waals surface area (Å²) in [6.45, 7) is 13.9. The third kappa shape index (κ3) is 15.9. The van der Waals surface area contributed by atoms with Gasteiger partial charge < -0.3 is 9.64 Å². The standard InChI is InChI=1S/C24H47NO2/c1-8-9-10-13-21(4)14-11-12-15-22(5)16-17-23(18-25(6)7)19-27-24(26)20(2)3/h21-23H,2,8-19H2,1,3-7H3. The van der Waals surface area contributed by atoms with Gasteiger partial charge in [0.05, 0.1) is 6.61 Å². The summed E-state index contributed by atoms with van der Waals surface area (Å²) in [7, 11) is 4.16. The Labute approximate surface area is 169 Å². The first-order chi connectivity index (χ1) is 12.8. The van der Waals surface area contributed by atoms with Crippen molar-refractivity contribution in [3.63, 3.8) is 0 Å². The van der Waals surface area contributed by atoms with Gasteiger partial charge >= 0.3 is 5.97 Å². The molecule has 0 aromatic heterocycles. The lowest BCUT2D eigenvalue weighted by Crippen LogP contribution is -2.27. The quantitative estimate of drug-likeness (QED) is 0.164. The largest absolute Gasteiger partial charge is 0.462 e. The average Bonchev–Trinajstić information content (AvgIpc) is 2.60. The van der Waals surface area contributed by atoms with Gasteiger partial charge in [0.15, 0.2) is 0 Å². The zero-order valence-corrected chi connectivity index (χ0v) is 19.2. The molecule has 0 aromatic carbocycles. The molecule has 160 valence electrons. The Hall–Kier alpha value is -0.830. The van der Waals surface area contributed by atoms with Crippen LogP contribution in [-0.4, -0.2) is 38.1 Å². The van der Waals surface area contributed by atoms with E-state index < -0.39 is 0 Å². The van der Waals surface area contributed by atoms with Gasteiger partial charge in [0.1, 0.15) is 0 Å². The zero-order chi connectivity index (χ0) is 20.7. The first-order valence-corrected chi connectivity index (χ1v) is 11.2. The normalized spacial score (nSPS) is 14.8. The van der Waals surface area contributed by atoms with Crippen molar-refractivity contribution in [3.8, 4) is 0 Å². The lowest BCUT2D eigenvalue weighted by molar-refractivity contribution is -0.140. The minimum absolute atomic E-state index is 0.264. The maximum atomic E-state index is 11.6. The third-order valence-corrected chi connectivity index (χ3v) is 5.43. The maximum absolute atomic E-state index is 11.6. The van der Waals surface area contributed by atoms with Crippen LogP contribution in [0.4, 0.5) is 0 Å². The lowest BCUT2D eigenvalue weighted by Gasteiger charge is -2.22. The minimum Gasteiger partial charge on any atom is -0.462 e. The maximum Gasteiger partial charge on any atom is 0.333 e. The van der Waals surface area contributed by atoms with Gasteiger partial charge in [0.25, 0.3) is 0 Å². The molecule has 0 radical (unpaired) electrons. The molecule has 0 N–H and O–H groups in total. The predicted octanol–water partition coefficient (Wildman–Crippen LogP) is 6.48. The second kappa shape index (κ2) is 16.2. The molecular weight excluding hydrogens is 334 g/mol. The number of hydrogen-bond acceptors (Lipinski definition) is 3. The Morgan fingerprint density at radius 3 is 1.93 bits per heavy atom. The van der Waals surface area contributed by atoms with Gasteiger partial charge in [-0.3, -0.25) is 0 Å². The number of hydrogen-bond donors (Lipinski definition) is 0. The van der Waals surface area contributed by atoms with Gasteiger partial charge in [-0.1, -0.05) is 85.1 Å². The highest BCUT2D eigenvalue weighted by atomic mass is 16.5. The number of nitrogens with zero attached hydrogens (tertiary/aromatic N) is 1. The summed E-state index contributed by atoms with van der Waals surface area (Å²) < 4.78 is 5.40. The van der Waals surface area contributed by atoms with Crippen LogP contribution in [-0.2, 0) is 9.53 Å². The zero-order valence-electron chi connectivity index (χ0n) is 19.2. The van der Waals surface area contributed by atoms with Crippen LogP contribution in [0.5, 0.6) is 0 Å². The summed E-state index contributed by atoms with van der Waals surface area (Å²) in [5, 5.41) is 0. The summed E-state index contributed by atoms with van der Waals surface area (Å²) in [6.07, 6.45) is 13.3. The van der Waals surface area contributed by atoms with Crippen LogP contribution in [0.15, 0.2) is 12.2 Å². The van der Waals surface area contributed by atoms with Crippen molar-refractivity contribution in [1.29, 1.82) is 0 Å². The van der Waals surface area contributed by atoms with E-state index in [1.54, 1.807) is 6.92 Å². The van der Waals surface area contributed by atoms with E-state index in [1.807, 2.05) is 0 Å². The molecule has 0 aliphatic rings. The molecule has 0 aromatic rings. The predicted molar refractivity (Wildman–Crippen MR) is 118 cm³/mol. The average molecular weight is 382 g/mol. The molecule has 3 atom stereocenters. The number of unbranched alkanes of at least 4 members (excludes halogenated alkanes) is 3. The van der Waals surface area contributed by atoms with Crippen LogP contribution < -0.4 is 0 Å². The molecule has 0 fully saturated rings. The van der Waals surface area contributed by atoms with Crippen molar-refractivity contribution in [2.24, 2.45) is 17.8 Å². The molecule has 0 heterocycles. The number of carbonyl (C=O) groups is 1. The van der Waals surface area contributed by atoms with Crippen LogP contribution in [0, 0.1) is 17.8 Å². The van der Waals surface area contributed by atoms with Crippen molar-refractivity contribution in [2.45, 2.75) is 91.9 Å². The SMILES string of the molecule is C=C(C)C(=O)OCC(CCC(C)CCCCC(C)CCCCC)CN(C)C. The molecule has 0 rings (SSSR count). The summed E-state index contributed by atoms with van der Waals surface area (Å²) in [4.78, 5) is 13.8. The monoisotopic (exact) mass is 381 g/mol. The van der Waals surface area contributed by atoms with Crippen LogP contribution >= 0.6 is 0 Å². The number of rotatable bonds is 17. The molecule has 3 nitrogen and oxygen atoms in total. The Bertz CT molecular complexity index is 392. The van der Waals surface area contributed by atoms with E-state index >= 15 is 0 Å². The molecule has 0 aliphatic carbocycles. The molecule has 0 saturated carbocycles. The van der Waals surface area contributed by atoms with Crippen LogP contribution in [0.3, 0.4) is 0 Å². The van der Waals surface area contributed by atoms with Gasteiger partial charge in [0.2, 0.25) is 0 Å². The first-order valence-electron chi connectivity index (χ1n) is 11.2. The fourth-order valence-electron chi connectivity index (χ4n) is 3.60. The van der Waals surface area contributed by atoms with Crippen molar-refractivity contribution < 1.29 is 9.53 Å². The van der Waals surface area contributed by atoms with Crippen LogP contribution in [0.1, 0.15) is 91.9 Å². The molecule has 0 bridgehead atoms. The second-order valence-corrected chi connectivity index (χ2v) is 9.07. The molecule has 0 amide bonds. The van der Waals surface area contributed by atoms with Crippen molar-refractivity contribution >= 4 is 5.97 Å². The van der Waals surface area contributed by atoms with E-state index in [0.717, 1.165) is 24.8 Å². The molecule has 27 heavy (non-hydrogen) atoms. The highest BCUT2D eigenvalue weighted by Gasteiger charge is 2.15. The Morgan fingerprint density at radius 2 is 1.44 bits per heavy atom. The van der Waals surface area contributed by atoms with Gasteiger partial charge in [-0.2, -0.15) is 0 Å². The van der Waals surface area contributed by atoms with Gasteiger partial charge in [-0.15, -0.1) is 0 Å². The Kier molecular flexibility index (Phi) is 15.7. The van der Waals surface area contributed by atoms with Crippen LogP contribution in [0.25, 0.3) is 0 Å². The summed E-state index contributed by atoms with van der Waals surface area (Å²) in [5.74, 6) is 1.78. The summed E-state index contributed by atoms with van der Waals surface area (Å²) in [6, 6.07) is 0. The van der Waals surface area contributed by atoms with Gasteiger partial charge in [-0.25, -0.2) is 4.79 Å². The van der Waals surface area contributed by atoms with Crippen molar-refractivity contribution in [1.82, 2.24) is 4.90 Å². The molecule has 0 saturated heterocycles. The fourth-order valence-corrected chi connectivity index (χ4v) is 3.60. The van der Waals surface area contributed by atoms with E-state index in [4.69, 9.17) is 4.74 Å². The smallest absolute Gasteiger partial charge is 0.333 e. The van der Waals surface area contributed by atoms with E-state index in [-0.39, 0.29) is 5.97 Å². The van der Waals surface area contributed by atoms with Gasteiger partial charge in [-0.05, 0) is 39.3 Å². The molecular formula is C24H47NO2. The Morgan fingerprint density at radius 1 is 0.926 bits per heavy atom. The second-order valence-electron chi connectivity index (χ2n) is 9.07. The van der Waals surface area contributed by atoms with Crippen LogP contribution in [0.2, 0.25) is 0 Å². The van der Waals surface area contributed by atoms with E-state index in [1.165, 1.54) is 57.8 Å². The minimum atomic E-state index is -0.264. The fraction of sp³-hybridized carbons (Fsp3) is 0.875. The molecule has 3 unspecified atom stereocenters. The number of ether oxygens (including phenoxy) is 1. The highest BCUT2D eigenvalue weighted by molar-refractivity contribution is 5.86. The summed E-state index contributed by atoms with van der Waals surface area (Å²) in [5.41, 5.74) is 0.482. The van der Waals surface area contributed by atoms with Crippen molar-refractivity contribution in [3.05, 3.63) is 12.2 Å². The van der Waals surface area contributed by atoms with Crippen molar-refractivity contribution in [2.75, 3.05) is 27.2 Å². The number of esters is 1.